The molecule has 0 N–H and O–H groups in total. The molecular weight excluding hydrogens is 497 g/mol. The van der Waals surface area contributed by atoms with E-state index in [0.717, 1.165) is 52.1 Å². The average Bonchev–Trinajstić information content (AvgIpc) is 3.23. The van der Waals surface area contributed by atoms with E-state index in [1.807, 2.05) is 11.0 Å². The van der Waals surface area contributed by atoms with Crippen LogP contribution in [0.5, 0.6) is 0 Å². The maximum absolute atomic E-state index is 13.2. The first-order valence-corrected chi connectivity index (χ1v) is 13.9. The predicted octanol–water partition coefficient (Wildman–Crippen LogP) is 6.83. The Morgan fingerprint density at radius 3 is 2.42 bits per heavy atom. The average molecular weight is 528 g/mol. The first kappa shape index (κ1) is 27.9. The number of likely N-dealkylation sites (N-methyl/N-ethyl adjacent to an activating group) is 1. The van der Waals surface area contributed by atoms with Gasteiger partial charge in [-0.15, -0.1) is 35.9 Å². The van der Waals surface area contributed by atoms with Crippen molar-refractivity contribution in [3.8, 4) is 0 Å². The van der Waals surface area contributed by atoms with Crippen LogP contribution in [0.3, 0.4) is 0 Å². The first-order chi connectivity index (χ1) is 15.5. The Hall–Kier alpha value is -1.32. The van der Waals surface area contributed by atoms with E-state index in [1.54, 1.807) is 47.0 Å². The summed E-state index contributed by atoms with van der Waals surface area (Å²) in [6.45, 7) is 7.68. The monoisotopic (exact) mass is 527 g/mol. The van der Waals surface area contributed by atoms with Crippen LogP contribution in [0.2, 0.25) is 0 Å². The van der Waals surface area contributed by atoms with Crippen LogP contribution >= 0.6 is 47.3 Å². The topological polar surface area (TPSA) is 36.4 Å². The molecule has 1 heterocycles. The van der Waals surface area contributed by atoms with Crippen LogP contribution in [0.25, 0.3) is 10.2 Å². The summed E-state index contributed by atoms with van der Waals surface area (Å²) in [7, 11) is 0. The standard InChI is InChI=1S/C24H30FN3OS3.ClH/c1-4-27(5-2)14-15-28(24-26-21-13-12-20(30-3)17-22(21)32-24)23(29)7-6-16-31-19-10-8-18(25)9-11-19;/h8-13,17H,4-7,14-16H2,1-3H3;1H. The van der Waals surface area contributed by atoms with Gasteiger partial charge in [-0.1, -0.05) is 25.2 Å². The number of hydrogen-bond acceptors (Lipinski definition) is 6. The fraction of sp³-hybridized carbons (Fsp3) is 0.417. The van der Waals surface area contributed by atoms with E-state index in [9.17, 15) is 9.18 Å². The molecule has 33 heavy (non-hydrogen) atoms. The minimum Gasteiger partial charge on any atom is -0.302 e. The van der Waals surface area contributed by atoms with E-state index >= 15 is 0 Å². The molecule has 0 bridgehead atoms. The predicted molar refractivity (Wildman–Crippen MR) is 145 cm³/mol. The largest absolute Gasteiger partial charge is 0.302 e. The second-order valence-electron chi connectivity index (χ2n) is 7.31. The molecule has 0 aliphatic rings. The third kappa shape index (κ3) is 8.14. The Morgan fingerprint density at radius 2 is 1.76 bits per heavy atom. The molecule has 0 radical (unpaired) electrons. The van der Waals surface area contributed by atoms with Crippen LogP contribution in [0.4, 0.5) is 9.52 Å². The lowest BCUT2D eigenvalue weighted by Gasteiger charge is -2.24. The summed E-state index contributed by atoms with van der Waals surface area (Å²) in [6, 6.07) is 12.8. The molecule has 0 spiro atoms. The summed E-state index contributed by atoms with van der Waals surface area (Å²) in [5.41, 5.74) is 0.940. The minimum atomic E-state index is -0.228. The second-order valence-corrected chi connectivity index (χ2v) is 10.4. The number of carbonyl (C=O) groups is 1. The van der Waals surface area contributed by atoms with Crippen molar-refractivity contribution in [3.63, 3.8) is 0 Å². The van der Waals surface area contributed by atoms with Crippen molar-refractivity contribution in [2.24, 2.45) is 0 Å². The van der Waals surface area contributed by atoms with Gasteiger partial charge in [0.25, 0.3) is 0 Å². The Bertz CT molecular complexity index is 1010. The maximum atomic E-state index is 13.2. The molecule has 0 saturated heterocycles. The normalized spacial score (nSPS) is 11.1. The smallest absolute Gasteiger partial charge is 0.228 e. The first-order valence-electron chi connectivity index (χ1n) is 10.9. The zero-order valence-corrected chi connectivity index (χ0v) is 22.5. The Labute approximate surface area is 214 Å². The van der Waals surface area contributed by atoms with Crippen LogP contribution in [0.1, 0.15) is 26.7 Å². The number of nitrogens with zero attached hydrogens (tertiary/aromatic N) is 3. The highest BCUT2D eigenvalue weighted by Crippen LogP contribution is 2.32. The van der Waals surface area contributed by atoms with E-state index in [4.69, 9.17) is 4.98 Å². The number of amides is 1. The quantitative estimate of drug-likeness (QED) is 0.191. The van der Waals surface area contributed by atoms with Gasteiger partial charge in [0.15, 0.2) is 5.13 Å². The highest BCUT2D eigenvalue weighted by molar-refractivity contribution is 7.99. The summed E-state index contributed by atoms with van der Waals surface area (Å²) < 4.78 is 14.2. The van der Waals surface area contributed by atoms with Gasteiger partial charge in [-0.3, -0.25) is 9.69 Å². The molecule has 3 aromatic rings. The Kier molecular flexibility index (Phi) is 12.0. The molecule has 1 amide bonds. The Morgan fingerprint density at radius 1 is 1.06 bits per heavy atom. The SMILES string of the molecule is CCN(CC)CCN(C(=O)CCCSc1ccc(F)cc1)c1nc2ccc(SC)cc2s1.Cl. The number of benzene rings is 2. The van der Waals surface area contributed by atoms with E-state index in [1.165, 1.54) is 17.0 Å². The number of rotatable bonds is 12. The number of halogens is 2. The number of thioether (sulfide) groups is 2. The minimum absolute atomic E-state index is 0. The van der Waals surface area contributed by atoms with Gasteiger partial charge in [-0.05, 0) is 74.0 Å². The van der Waals surface area contributed by atoms with Crippen molar-refractivity contribution in [1.82, 2.24) is 9.88 Å². The van der Waals surface area contributed by atoms with Gasteiger partial charge >= 0.3 is 0 Å². The molecule has 1 aromatic heterocycles. The van der Waals surface area contributed by atoms with Gasteiger partial charge in [0.1, 0.15) is 5.82 Å². The van der Waals surface area contributed by atoms with E-state index < -0.39 is 0 Å². The molecule has 0 saturated carbocycles. The molecule has 180 valence electrons. The molecule has 3 rings (SSSR count). The van der Waals surface area contributed by atoms with Gasteiger partial charge in [0.05, 0.1) is 10.2 Å². The third-order valence-electron chi connectivity index (χ3n) is 5.27. The second kappa shape index (κ2) is 14.2. The van der Waals surface area contributed by atoms with Gasteiger partial charge in [-0.2, -0.15) is 0 Å². The molecule has 0 aliphatic heterocycles. The van der Waals surface area contributed by atoms with E-state index in [-0.39, 0.29) is 24.1 Å². The highest BCUT2D eigenvalue weighted by atomic mass is 35.5. The van der Waals surface area contributed by atoms with Crippen molar-refractivity contribution in [2.45, 2.75) is 36.5 Å². The summed E-state index contributed by atoms with van der Waals surface area (Å²) >= 11 is 4.95. The number of fused-ring (bicyclic) bond motifs is 1. The fourth-order valence-electron chi connectivity index (χ4n) is 3.32. The van der Waals surface area contributed by atoms with Crippen LogP contribution in [0, 0.1) is 5.82 Å². The molecular formula is C24H31ClFN3OS3. The molecule has 0 aliphatic carbocycles. The van der Waals surface area contributed by atoms with Gasteiger partial charge in [0.2, 0.25) is 5.91 Å². The zero-order valence-electron chi connectivity index (χ0n) is 19.3. The van der Waals surface area contributed by atoms with Crippen molar-refractivity contribution >= 4 is 68.5 Å². The molecule has 0 unspecified atom stereocenters. The van der Waals surface area contributed by atoms with Crippen molar-refractivity contribution in [1.29, 1.82) is 0 Å². The van der Waals surface area contributed by atoms with Crippen LogP contribution in [-0.2, 0) is 4.79 Å². The molecule has 4 nitrogen and oxygen atoms in total. The van der Waals surface area contributed by atoms with Crippen LogP contribution in [0.15, 0.2) is 52.3 Å². The lowest BCUT2D eigenvalue weighted by atomic mass is 10.3. The van der Waals surface area contributed by atoms with E-state index in [0.29, 0.717) is 13.0 Å². The molecule has 0 fully saturated rings. The summed E-state index contributed by atoms with van der Waals surface area (Å²) in [4.78, 5) is 24.4. The molecule has 2 aromatic carbocycles. The summed E-state index contributed by atoms with van der Waals surface area (Å²) in [5.74, 6) is 0.702. The fourth-order valence-corrected chi connectivity index (χ4v) is 5.74. The third-order valence-corrected chi connectivity index (χ3v) is 8.13. The van der Waals surface area contributed by atoms with E-state index in [2.05, 4.69) is 37.1 Å². The van der Waals surface area contributed by atoms with Crippen molar-refractivity contribution < 1.29 is 9.18 Å². The zero-order chi connectivity index (χ0) is 22.9. The molecule has 0 atom stereocenters. The lowest BCUT2D eigenvalue weighted by Crippen LogP contribution is -2.38. The van der Waals surface area contributed by atoms with Crippen LogP contribution < -0.4 is 4.90 Å². The van der Waals surface area contributed by atoms with Crippen molar-refractivity contribution in [2.75, 3.05) is 43.1 Å². The van der Waals surface area contributed by atoms with Crippen molar-refractivity contribution in [3.05, 3.63) is 48.3 Å². The lowest BCUT2D eigenvalue weighted by molar-refractivity contribution is -0.118. The summed E-state index contributed by atoms with van der Waals surface area (Å²) in [5, 5.41) is 0.779. The number of hydrogen-bond donors (Lipinski definition) is 0. The summed E-state index contributed by atoms with van der Waals surface area (Å²) in [6.07, 6.45) is 3.30. The highest BCUT2D eigenvalue weighted by Gasteiger charge is 2.20. The number of thiazole rings is 1. The molecule has 9 heteroatoms. The van der Waals surface area contributed by atoms with Gasteiger partial charge < -0.3 is 4.90 Å². The van der Waals surface area contributed by atoms with Crippen LogP contribution in [-0.4, -0.2) is 54.0 Å². The van der Waals surface area contributed by atoms with Gasteiger partial charge in [0, 0.05) is 29.3 Å². The Balaban J connectivity index is 0.00000385. The number of aromatic nitrogens is 1. The number of anilines is 1. The number of carbonyl (C=O) groups excluding carboxylic acids is 1. The maximum Gasteiger partial charge on any atom is 0.228 e. The van der Waals surface area contributed by atoms with Gasteiger partial charge in [-0.25, -0.2) is 9.37 Å².